The molecule has 2 atom stereocenters. The van der Waals surface area contributed by atoms with Crippen LogP contribution in [-0.4, -0.2) is 42.2 Å². The third-order valence-electron chi connectivity index (χ3n) is 6.93. The number of benzene rings is 1. The normalized spacial score (nSPS) is 28.5. The molecule has 1 saturated carbocycles. The van der Waals surface area contributed by atoms with Gasteiger partial charge in [0.1, 0.15) is 5.75 Å². The van der Waals surface area contributed by atoms with Crippen LogP contribution in [0.4, 0.5) is 4.79 Å². The molecule has 1 aromatic carbocycles. The number of hydrogen-bond acceptors (Lipinski definition) is 3. The van der Waals surface area contributed by atoms with Gasteiger partial charge >= 0.3 is 6.03 Å². The molecular weight excluding hydrogens is 350 g/mol. The number of methoxy groups -OCH3 is 1. The Hall–Kier alpha value is -1.75. The average molecular weight is 386 g/mol. The largest absolute Gasteiger partial charge is 0.497 e. The second-order valence-corrected chi connectivity index (χ2v) is 8.88. The number of rotatable bonds is 5. The predicted octanol–water partition coefficient (Wildman–Crippen LogP) is 4.21. The number of fused-ring (bicyclic) bond motifs is 2. The fraction of sp³-hybridized carbons (Fsp3) is 0.696. The molecule has 28 heavy (non-hydrogen) atoms. The van der Waals surface area contributed by atoms with Gasteiger partial charge in [0.15, 0.2) is 0 Å². The first-order chi connectivity index (χ1) is 13.7. The Bertz CT molecular complexity index is 628. The third-order valence-corrected chi connectivity index (χ3v) is 6.93. The van der Waals surface area contributed by atoms with E-state index >= 15 is 0 Å². The van der Waals surface area contributed by atoms with Gasteiger partial charge in [-0.15, -0.1) is 0 Å². The molecule has 2 saturated heterocycles. The van der Waals surface area contributed by atoms with E-state index in [9.17, 15) is 4.79 Å². The molecule has 0 unspecified atom stereocenters. The minimum Gasteiger partial charge on any atom is -0.497 e. The summed E-state index contributed by atoms with van der Waals surface area (Å²) in [7, 11) is 1.71. The maximum atomic E-state index is 12.5. The highest BCUT2D eigenvalue weighted by atomic mass is 16.5. The van der Waals surface area contributed by atoms with Crippen molar-refractivity contribution in [1.82, 2.24) is 15.5 Å². The van der Waals surface area contributed by atoms with Gasteiger partial charge in [-0.3, -0.25) is 4.90 Å². The van der Waals surface area contributed by atoms with Gasteiger partial charge in [-0.05, 0) is 56.2 Å². The number of urea groups is 1. The third kappa shape index (κ3) is 4.80. The molecule has 2 N–H and O–H groups in total. The number of piperidine rings is 2. The molecule has 0 spiro atoms. The van der Waals surface area contributed by atoms with Crippen LogP contribution in [0.2, 0.25) is 0 Å². The number of nitrogens with zero attached hydrogens (tertiary/aromatic N) is 1. The maximum Gasteiger partial charge on any atom is 0.315 e. The molecule has 0 aromatic heterocycles. The monoisotopic (exact) mass is 385 g/mol. The first kappa shape index (κ1) is 19.6. The number of ether oxygens (including phenoxy) is 1. The van der Waals surface area contributed by atoms with E-state index in [-0.39, 0.29) is 6.03 Å². The van der Waals surface area contributed by atoms with E-state index in [0.717, 1.165) is 38.0 Å². The van der Waals surface area contributed by atoms with Crippen LogP contribution in [0.25, 0.3) is 0 Å². The van der Waals surface area contributed by atoms with Crippen molar-refractivity contribution >= 4 is 6.03 Å². The van der Waals surface area contributed by atoms with Crippen molar-refractivity contribution in [3.63, 3.8) is 0 Å². The highest BCUT2D eigenvalue weighted by Gasteiger charge is 2.38. The molecule has 3 aliphatic rings. The number of nitrogens with one attached hydrogen (secondary N) is 2. The Morgan fingerprint density at radius 3 is 2.21 bits per heavy atom. The lowest BCUT2D eigenvalue weighted by Gasteiger charge is -2.49. The van der Waals surface area contributed by atoms with Gasteiger partial charge in [0.25, 0.3) is 0 Å². The molecule has 154 valence electrons. The summed E-state index contributed by atoms with van der Waals surface area (Å²) in [6.07, 6.45) is 12.0. The van der Waals surface area contributed by atoms with Crippen molar-refractivity contribution in [2.75, 3.05) is 7.11 Å². The van der Waals surface area contributed by atoms with Crippen molar-refractivity contribution in [2.24, 2.45) is 0 Å². The van der Waals surface area contributed by atoms with Crippen molar-refractivity contribution in [3.05, 3.63) is 29.8 Å². The Balaban J connectivity index is 1.31. The van der Waals surface area contributed by atoms with Crippen LogP contribution in [-0.2, 0) is 6.54 Å². The van der Waals surface area contributed by atoms with Crippen molar-refractivity contribution < 1.29 is 9.53 Å². The number of amides is 2. The summed E-state index contributed by atoms with van der Waals surface area (Å²) in [5.74, 6) is 0.913. The molecule has 2 aliphatic heterocycles. The highest BCUT2D eigenvalue weighted by molar-refractivity contribution is 5.74. The molecule has 1 aromatic rings. The molecule has 0 radical (unpaired) electrons. The molecule has 5 nitrogen and oxygen atoms in total. The summed E-state index contributed by atoms with van der Waals surface area (Å²) in [5, 5.41) is 6.52. The summed E-state index contributed by atoms with van der Waals surface area (Å²) in [4.78, 5) is 15.2. The van der Waals surface area contributed by atoms with Crippen LogP contribution in [0.3, 0.4) is 0 Å². The van der Waals surface area contributed by atoms with E-state index in [1.54, 1.807) is 7.11 Å². The lowest BCUT2D eigenvalue weighted by Crippen LogP contribution is -2.58. The lowest BCUT2D eigenvalue weighted by atomic mass is 9.81. The van der Waals surface area contributed by atoms with Crippen LogP contribution in [0.1, 0.15) is 69.8 Å². The van der Waals surface area contributed by atoms with E-state index in [1.807, 2.05) is 0 Å². The van der Waals surface area contributed by atoms with Crippen LogP contribution < -0.4 is 15.4 Å². The van der Waals surface area contributed by atoms with Gasteiger partial charge < -0.3 is 15.4 Å². The SMILES string of the molecule is COc1ccc(CN2[C@H]3CCC[C@H]2CC(NC(=O)NC2CCCCC2)C3)cc1. The van der Waals surface area contributed by atoms with Crippen LogP contribution >= 0.6 is 0 Å². The zero-order valence-corrected chi connectivity index (χ0v) is 17.2. The van der Waals surface area contributed by atoms with Gasteiger partial charge in [-0.25, -0.2) is 4.79 Å². The highest BCUT2D eigenvalue weighted by Crippen LogP contribution is 2.35. The summed E-state index contributed by atoms with van der Waals surface area (Å²) < 4.78 is 5.28. The van der Waals surface area contributed by atoms with Gasteiger partial charge in [0.2, 0.25) is 0 Å². The van der Waals surface area contributed by atoms with Crippen LogP contribution in [0, 0.1) is 0 Å². The number of carbonyl (C=O) groups excluding carboxylic acids is 1. The Labute approximate surface area is 169 Å². The van der Waals surface area contributed by atoms with Crippen molar-refractivity contribution in [3.8, 4) is 5.75 Å². The summed E-state index contributed by atoms with van der Waals surface area (Å²) in [6.45, 7) is 1.00. The topological polar surface area (TPSA) is 53.6 Å². The van der Waals surface area contributed by atoms with Crippen LogP contribution in [0.5, 0.6) is 5.75 Å². The Kier molecular flexibility index (Phi) is 6.40. The molecule has 2 heterocycles. The van der Waals surface area contributed by atoms with E-state index in [0.29, 0.717) is 24.2 Å². The summed E-state index contributed by atoms with van der Waals surface area (Å²) in [5.41, 5.74) is 1.35. The standard InChI is InChI=1S/C23H35N3O2/c1-28-22-12-10-17(11-13-22)16-26-20-8-5-9-21(26)15-19(14-20)25-23(27)24-18-6-3-2-4-7-18/h10-13,18-21H,2-9,14-16H2,1H3,(H2,24,25,27)/t20-,21-/m0/s1. The Morgan fingerprint density at radius 1 is 0.929 bits per heavy atom. The lowest BCUT2D eigenvalue weighted by molar-refractivity contribution is 0.0196. The molecule has 3 fully saturated rings. The fourth-order valence-corrected chi connectivity index (χ4v) is 5.46. The first-order valence-electron chi connectivity index (χ1n) is 11.2. The maximum absolute atomic E-state index is 12.5. The van der Waals surface area contributed by atoms with E-state index < -0.39 is 0 Å². The van der Waals surface area contributed by atoms with E-state index in [2.05, 4.69) is 39.8 Å². The molecule has 2 amide bonds. The molecule has 2 bridgehead atoms. The minimum atomic E-state index is 0.0542. The zero-order chi connectivity index (χ0) is 19.3. The quantitative estimate of drug-likeness (QED) is 0.798. The molecule has 5 heteroatoms. The fourth-order valence-electron chi connectivity index (χ4n) is 5.46. The minimum absolute atomic E-state index is 0.0542. The van der Waals surface area contributed by atoms with Gasteiger partial charge in [0.05, 0.1) is 7.11 Å². The van der Waals surface area contributed by atoms with Gasteiger partial charge in [-0.1, -0.05) is 37.8 Å². The average Bonchev–Trinajstić information content (AvgIpc) is 2.70. The summed E-state index contributed by atoms with van der Waals surface area (Å²) >= 11 is 0. The van der Waals surface area contributed by atoms with Crippen molar-refractivity contribution in [2.45, 2.75) is 94.9 Å². The van der Waals surface area contributed by atoms with E-state index in [4.69, 9.17) is 4.74 Å². The molecular formula is C23H35N3O2. The smallest absolute Gasteiger partial charge is 0.315 e. The van der Waals surface area contributed by atoms with E-state index in [1.165, 1.54) is 44.1 Å². The second kappa shape index (κ2) is 9.17. The van der Waals surface area contributed by atoms with Crippen LogP contribution in [0.15, 0.2) is 24.3 Å². The predicted molar refractivity (Wildman–Crippen MR) is 112 cm³/mol. The summed E-state index contributed by atoms with van der Waals surface area (Å²) in [6, 6.07) is 10.4. The first-order valence-corrected chi connectivity index (χ1v) is 11.2. The second-order valence-electron chi connectivity index (χ2n) is 8.88. The Morgan fingerprint density at radius 2 is 1.57 bits per heavy atom. The van der Waals surface area contributed by atoms with Crippen molar-refractivity contribution in [1.29, 1.82) is 0 Å². The molecule has 4 rings (SSSR count). The number of carbonyl (C=O) groups is 1. The van der Waals surface area contributed by atoms with Gasteiger partial charge in [0, 0.05) is 30.7 Å². The van der Waals surface area contributed by atoms with Gasteiger partial charge in [-0.2, -0.15) is 0 Å². The number of hydrogen-bond donors (Lipinski definition) is 2. The molecule has 1 aliphatic carbocycles. The zero-order valence-electron chi connectivity index (χ0n) is 17.2.